The molecule has 0 aromatic rings. The van der Waals surface area contributed by atoms with Gasteiger partial charge in [0.2, 0.25) is 0 Å². The maximum Gasteiger partial charge on any atom is 0.0253 e. The monoisotopic (exact) mass is 173 g/mol. The fourth-order valence-corrected chi connectivity index (χ4v) is 2.20. The van der Waals surface area contributed by atoms with E-state index in [1.165, 1.54) is 18.7 Å². The van der Waals surface area contributed by atoms with Gasteiger partial charge >= 0.3 is 0 Å². The first-order valence-electron chi connectivity index (χ1n) is 4.18. The Labute approximate surface area is 73.7 Å². The SMILES string of the molecule is CN(C)CCC1C[N]CCS1. The summed E-state index contributed by atoms with van der Waals surface area (Å²) in [5.41, 5.74) is 0. The van der Waals surface area contributed by atoms with Crippen LogP contribution < -0.4 is 5.32 Å². The second-order valence-electron chi connectivity index (χ2n) is 3.21. The molecule has 11 heavy (non-hydrogen) atoms. The molecule has 1 atom stereocenters. The summed E-state index contributed by atoms with van der Waals surface area (Å²) in [6, 6.07) is 0. The highest BCUT2D eigenvalue weighted by molar-refractivity contribution is 8.00. The summed E-state index contributed by atoms with van der Waals surface area (Å²) in [4.78, 5) is 2.25. The molecule has 1 unspecified atom stereocenters. The van der Waals surface area contributed by atoms with Crippen molar-refractivity contribution in [2.45, 2.75) is 11.7 Å². The van der Waals surface area contributed by atoms with Crippen LogP contribution in [0.3, 0.4) is 0 Å². The van der Waals surface area contributed by atoms with Gasteiger partial charge in [0, 0.05) is 24.1 Å². The molecule has 1 saturated heterocycles. The molecule has 1 heterocycles. The molecule has 0 saturated carbocycles. The molecule has 1 radical (unpaired) electrons. The predicted molar refractivity (Wildman–Crippen MR) is 51.3 cm³/mol. The molecule has 0 aliphatic carbocycles. The molecule has 3 heteroatoms. The van der Waals surface area contributed by atoms with Gasteiger partial charge in [-0.2, -0.15) is 11.8 Å². The molecule has 0 aromatic heterocycles. The normalized spacial score (nSPS) is 25.9. The standard InChI is InChI=1S/C8H17N2S/c1-10(2)5-3-8-7-9-4-6-11-8/h8H,3-7H2,1-2H3. The van der Waals surface area contributed by atoms with Crippen LogP contribution in [-0.2, 0) is 0 Å². The number of thioether (sulfide) groups is 1. The Kier molecular flexibility index (Phi) is 4.26. The summed E-state index contributed by atoms with van der Waals surface area (Å²) in [6.07, 6.45) is 1.29. The lowest BCUT2D eigenvalue weighted by Crippen LogP contribution is -2.30. The highest BCUT2D eigenvalue weighted by Crippen LogP contribution is 2.17. The van der Waals surface area contributed by atoms with Crippen LogP contribution in [0.4, 0.5) is 0 Å². The average molecular weight is 173 g/mol. The lowest BCUT2D eigenvalue weighted by Gasteiger charge is -2.22. The first kappa shape index (κ1) is 9.36. The third kappa shape index (κ3) is 3.99. The van der Waals surface area contributed by atoms with E-state index in [1.54, 1.807) is 0 Å². The fourth-order valence-electron chi connectivity index (χ4n) is 1.15. The predicted octanol–water partition coefficient (Wildman–Crippen LogP) is 0.658. The molecule has 0 aromatic carbocycles. The van der Waals surface area contributed by atoms with Crippen molar-refractivity contribution in [3.05, 3.63) is 0 Å². The lowest BCUT2D eigenvalue weighted by atomic mass is 10.3. The van der Waals surface area contributed by atoms with Gasteiger partial charge in [0.15, 0.2) is 0 Å². The van der Waals surface area contributed by atoms with Gasteiger partial charge in [0.05, 0.1) is 0 Å². The van der Waals surface area contributed by atoms with Crippen LogP contribution in [0.15, 0.2) is 0 Å². The van der Waals surface area contributed by atoms with Gasteiger partial charge in [0.25, 0.3) is 0 Å². The number of rotatable bonds is 3. The molecule has 1 fully saturated rings. The molecule has 65 valence electrons. The van der Waals surface area contributed by atoms with Gasteiger partial charge in [-0.25, -0.2) is 5.32 Å². The van der Waals surface area contributed by atoms with Gasteiger partial charge in [-0.15, -0.1) is 0 Å². The Morgan fingerprint density at radius 3 is 2.91 bits per heavy atom. The first-order chi connectivity index (χ1) is 5.29. The summed E-state index contributed by atoms with van der Waals surface area (Å²) in [6.45, 7) is 3.36. The van der Waals surface area contributed by atoms with Crippen molar-refractivity contribution in [1.82, 2.24) is 10.2 Å². The van der Waals surface area contributed by atoms with Crippen molar-refractivity contribution in [2.24, 2.45) is 0 Å². The lowest BCUT2D eigenvalue weighted by molar-refractivity contribution is 0.393. The van der Waals surface area contributed by atoms with Crippen LogP contribution in [0.5, 0.6) is 0 Å². The second kappa shape index (κ2) is 5.01. The summed E-state index contributed by atoms with van der Waals surface area (Å²) in [5.74, 6) is 1.23. The smallest absolute Gasteiger partial charge is 0.0253 e. The molecule has 1 rings (SSSR count). The average Bonchev–Trinajstić information content (AvgIpc) is 2.03. The summed E-state index contributed by atoms with van der Waals surface area (Å²) < 4.78 is 0. The number of hydrogen-bond donors (Lipinski definition) is 0. The summed E-state index contributed by atoms with van der Waals surface area (Å²) in [5, 5.41) is 5.19. The van der Waals surface area contributed by atoms with Crippen LogP contribution in [-0.4, -0.2) is 49.6 Å². The maximum absolute atomic E-state index is 4.40. The van der Waals surface area contributed by atoms with Crippen molar-refractivity contribution >= 4 is 11.8 Å². The second-order valence-corrected chi connectivity index (χ2v) is 4.62. The van der Waals surface area contributed by atoms with Crippen LogP contribution in [0.1, 0.15) is 6.42 Å². The van der Waals surface area contributed by atoms with Crippen LogP contribution in [0.2, 0.25) is 0 Å². The van der Waals surface area contributed by atoms with Crippen molar-refractivity contribution in [3.8, 4) is 0 Å². The van der Waals surface area contributed by atoms with E-state index in [-0.39, 0.29) is 0 Å². The van der Waals surface area contributed by atoms with Gasteiger partial charge in [-0.05, 0) is 27.1 Å². The molecule has 0 N–H and O–H groups in total. The fraction of sp³-hybridized carbons (Fsp3) is 1.00. The molecule has 0 amide bonds. The van der Waals surface area contributed by atoms with E-state index in [0.29, 0.717) is 0 Å². The van der Waals surface area contributed by atoms with E-state index in [2.05, 4.69) is 36.1 Å². The van der Waals surface area contributed by atoms with E-state index in [1.807, 2.05) is 0 Å². The largest absolute Gasteiger partial charge is 0.309 e. The van der Waals surface area contributed by atoms with Crippen molar-refractivity contribution in [3.63, 3.8) is 0 Å². The minimum absolute atomic E-state index is 0.797. The Morgan fingerprint density at radius 1 is 1.55 bits per heavy atom. The molecular formula is C8H17N2S. The Bertz CT molecular complexity index is 100. The number of nitrogens with zero attached hydrogens (tertiary/aromatic N) is 2. The van der Waals surface area contributed by atoms with Crippen LogP contribution >= 0.6 is 11.8 Å². The van der Waals surface area contributed by atoms with Crippen molar-refractivity contribution < 1.29 is 0 Å². The highest BCUT2D eigenvalue weighted by atomic mass is 32.2. The Hall–Kier alpha value is 0.270. The van der Waals surface area contributed by atoms with E-state index in [9.17, 15) is 0 Å². The molecular weight excluding hydrogens is 156 g/mol. The molecule has 0 spiro atoms. The van der Waals surface area contributed by atoms with Gasteiger partial charge in [0.1, 0.15) is 0 Å². The third-order valence-corrected chi connectivity index (χ3v) is 3.11. The topological polar surface area (TPSA) is 17.3 Å². The minimum atomic E-state index is 0.797. The highest BCUT2D eigenvalue weighted by Gasteiger charge is 2.13. The van der Waals surface area contributed by atoms with Crippen molar-refractivity contribution in [2.75, 3.05) is 39.5 Å². The Morgan fingerprint density at radius 2 is 2.36 bits per heavy atom. The van der Waals surface area contributed by atoms with Crippen molar-refractivity contribution in [1.29, 1.82) is 0 Å². The Balaban J connectivity index is 2.05. The quantitative estimate of drug-likeness (QED) is 0.624. The van der Waals surface area contributed by atoms with Gasteiger partial charge in [-0.1, -0.05) is 0 Å². The minimum Gasteiger partial charge on any atom is -0.309 e. The number of hydrogen-bond acceptors (Lipinski definition) is 2. The van der Waals surface area contributed by atoms with Crippen LogP contribution in [0.25, 0.3) is 0 Å². The summed E-state index contributed by atoms with van der Waals surface area (Å²) >= 11 is 2.08. The van der Waals surface area contributed by atoms with E-state index < -0.39 is 0 Å². The van der Waals surface area contributed by atoms with E-state index in [4.69, 9.17) is 0 Å². The zero-order chi connectivity index (χ0) is 8.10. The van der Waals surface area contributed by atoms with E-state index >= 15 is 0 Å². The van der Waals surface area contributed by atoms with Gasteiger partial charge in [-0.3, -0.25) is 0 Å². The first-order valence-corrected chi connectivity index (χ1v) is 5.23. The third-order valence-electron chi connectivity index (χ3n) is 1.83. The molecule has 2 nitrogen and oxygen atoms in total. The van der Waals surface area contributed by atoms with Crippen LogP contribution in [0, 0.1) is 0 Å². The summed E-state index contributed by atoms with van der Waals surface area (Å²) in [7, 11) is 4.26. The zero-order valence-corrected chi connectivity index (χ0v) is 8.23. The molecule has 1 aliphatic heterocycles. The van der Waals surface area contributed by atoms with Gasteiger partial charge < -0.3 is 4.90 Å². The molecule has 1 aliphatic rings. The maximum atomic E-state index is 4.40. The van der Waals surface area contributed by atoms with E-state index in [0.717, 1.165) is 18.3 Å². The molecule has 0 bridgehead atoms. The zero-order valence-electron chi connectivity index (χ0n) is 7.42.